The third-order valence-corrected chi connectivity index (χ3v) is 7.73. The second-order valence-corrected chi connectivity index (χ2v) is 10.1. The molecule has 5 rings (SSSR count). The Bertz CT molecular complexity index is 1400. The summed E-state index contributed by atoms with van der Waals surface area (Å²) in [6.07, 6.45) is 9.50. The van der Waals surface area contributed by atoms with Crippen LogP contribution in [0.3, 0.4) is 0 Å². The topological polar surface area (TPSA) is 101 Å². The summed E-state index contributed by atoms with van der Waals surface area (Å²) in [5.74, 6) is 2.19. The van der Waals surface area contributed by atoms with Crippen LogP contribution >= 0.6 is 23.2 Å². The van der Waals surface area contributed by atoms with Gasteiger partial charge in [0.05, 0.1) is 25.5 Å². The summed E-state index contributed by atoms with van der Waals surface area (Å²) >= 11 is 13.2. The highest BCUT2D eigenvalue weighted by atomic mass is 35.5. The molecule has 1 aliphatic carbocycles. The van der Waals surface area contributed by atoms with Crippen molar-refractivity contribution in [2.45, 2.75) is 19.8 Å². The second-order valence-electron chi connectivity index (χ2n) is 9.32. The van der Waals surface area contributed by atoms with Crippen LogP contribution < -0.4 is 20.1 Å². The van der Waals surface area contributed by atoms with Crippen molar-refractivity contribution in [1.82, 2.24) is 29.7 Å². The van der Waals surface area contributed by atoms with Gasteiger partial charge in [-0.2, -0.15) is 4.98 Å². The van der Waals surface area contributed by atoms with E-state index in [0.717, 1.165) is 51.3 Å². The van der Waals surface area contributed by atoms with E-state index in [9.17, 15) is 0 Å². The Kier molecular flexibility index (Phi) is 8.88. The first kappa shape index (κ1) is 27.9. The van der Waals surface area contributed by atoms with Crippen LogP contribution in [0.4, 0.5) is 17.5 Å². The van der Waals surface area contributed by atoms with Crippen LogP contribution in [0.25, 0.3) is 11.4 Å². The molecule has 0 unspecified atom stereocenters. The molecule has 40 heavy (non-hydrogen) atoms. The first-order chi connectivity index (χ1) is 19.5. The maximum atomic E-state index is 6.58. The van der Waals surface area contributed by atoms with E-state index in [-0.39, 0.29) is 0 Å². The SMILES string of the molecule is CCN1CCN(C2=CCCC(Nc3ncnc(-c4cccnc4Nc4c(Cl)c(OC)cc(OC)c4Cl)n3)=C2)CC1. The maximum absolute atomic E-state index is 6.58. The minimum atomic E-state index is 0.298. The molecule has 0 amide bonds. The van der Waals surface area contributed by atoms with Crippen molar-refractivity contribution in [2.75, 3.05) is 57.6 Å². The van der Waals surface area contributed by atoms with Gasteiger partial charge in [-0.15, -0.1) is 0 Å². The van der Waals surface area contributed by atoms with Gasteiger partial charge < -0.3 is 29.9 Å². The molecule has 3 heterocycles. The third-order valence-electron chi connectivity index (χ3n) is 6.98. The van der Waals surface area contributed by atoms with Gasteiger partial charge in [0.25, 0.3) is 0 Å². The molecule has 1 fully saturated rings. The average molecular weight is 584 g/mol. The zero-order valence-corrected chi connectivity index (χ0v) is 24.3. The summed E-state index contributed by atoms with van der Waals surface area (Å²) in [5, 5.41) is 7.22. The first-order valence-corrected chi connectivity index (χ1v) is 13.9. The Morgan fingerprint density at radius 3 is 2.42 bits per heavy atom. The highest BCUT2D eigenvalue weighted by Gasteiger charge is 2.21. The number of methoxy groups -OCH3 is 2. The molecule has 1 saturated heterocycles. The number of allylic oxidation sites excluding steroid dienone is 3. The molecule has 12 heteroatoms. The standard InChI is InChI=1S/C28H32Cl2N8O2/c1-4-37-11-13-38(14-12-37)19-8-5-7-18(15-19)34-28-33-17-32-27(36-28)20-9-6-10-31-26(20)35-25-23(29)21(39-2)16-22(40-3)24(25)30/h6,8-10,15-17H,4-5,7,11-14H2,1-3H3,(H,31,35)(H,32,33,34,36). The van der Waals surface area contributed by atoms with Crippen LogP contribution in [-0.4, -0.2) is 76.7 Å². The molecule has 0 atom stereocenters. The van der Waals surface area contributed by atoms with E-state index in [1.165, 1.54) is 26.2 Å². The number of likely N-dealkylation sites (N-methyl/N-ethyl adjacent to an activating group) is 1. The molecule has 2 aliphatic rings. The maximum Gasteiger partial charge on any atom is 0.230 e. The van der Waals surface area contributed by atoms with Crippen LogP contribution in [0.2, 0.25) is 10.0 Å². The Hall–Kier alpha value is -3.60. The number of pyridine rings is 1. The number of aromatic nitrogens is 4. The number of anilines is 3. The molecule has 0 bridgehead atoms. The fourth-order valence-corrected chi connectivity index (χ4v) is 5.35. The predicted molar refractivity (Wildman–Crippen MR) is 159 cm³/mol. The molecule has 1 aromatic carbocycles. The largest absolute Gasteiger partial charge is 0.495 e. The normalized spacial score (nSPS) is 15.8. The lowest BCUT2D eigenvalue weighted by molar-refractivity contribution is 0.168. The van der Waals surface area contributed by atoms with Gasteiger partial charge in [0.2, 0.25) is 5.95 Å². The number of rotatable bonds is 9. The zero-order valence-electron chi connectivity index (χ0n) is 22.7. The molecule has 0 spiro atoms. The molecular formula is C28H32Cl2N8O2. The quantitative estimate of drug-likeness (QED) is 0.331. The number of hydrogen-bond acceptors (Lipinski definition) is 10. The number of piperazine rings is 1. The van der Waals surface area contributed by atoms with E-state index in [0.29, 0.717) is 50.4 Å². The van der Waals surface area contributed by atoms with Gasteiger partial charge >= 0.3 is 0 Å². The minimum Gasteiger partial charge on any atom is -0.495 e. The van der Waals surface area contributed by atoms with Crippen molar-refractivity contribution < 1.29 is 9.47 Å². The molecular weight excluding hydrogens is 551 g/mol. The predicted octanol–water partition coefficient (Wildman–Crippen LogP) is 5.61. The second kappa shape index (κ2) is 12.7. The van der Waals surface area contributed by atoms with E-state index in [2.05, 4.69) is 54.5 Å². The number of halogens is 2. The van der Waals surface area contributed by atoms with E-state index in [1.54, 1.807) is 12.3 Å². The summed E-state index contributed by atoms with van der Waals surface area (Å²) in [6, 6.07) is 5.31. The summed E-state index contributed by atoms with van der Waals surface area (Å²) in [6.45, 7) is 7.54. The lowest BCUT2D eigenvalue weighted by atomic mass is 10.1. The Morgan fingerprint density at radius 2 is 1.73 bits per heavy atom. The Morgan fingerprint density at radius 1 is 0.975 bits per heavy atom. The zero-order chi connectivity index (χ0) is 28.1. The van der Waals surface area contributed by atoms with E-state index in [4.69, 9.17) is 37.7 Å². The van der Waals surface area contributed by atoms with Crippen LogP contribution in [0.1, 0.15) is 19.8 Å². The smallest absolute Gasteiger partial charge is 0.230 e. The van der Waals surface area contributed by atoms with Gasteiger partial charge in [-0.1, -0.05) is 36.2 Å². The van der Waals surface area contributed by atoms with Gasteiger partial charge in [-0.05, 0) is 37.6 Å². The Balaban J connectivity index is 1.38. The van der Waals surface area contributed by atoms with Crippen LogP contribution in [0, 0.1) is 0 Å². The van der Waals surface area contributed by atoms with E-state index >= 15 is 0 Å². The van der Waals surface area contributed by atoms with E-state index < -0.39 is 0 Å². The van der Waals surface area contributed by atoms with Crippen LogP contribution in [0.15, 0.2) is 54.3 Å². The third kappa shape index (κ3) is 6.09. The monoisotopic (exact) mass is 582 g/mol. The molecule has 10 nitrogen and oxygen atoms in total. The summed E-state index contributed by atoms with van der Waals surface area (Å²) in [7, 11) is 3.05. The van der Waals surface area contributed by atoms with Crippen molar-refractivity contribution in [3.63, 3.8) is 0 Å². The van der Waals surface area contributed by atoms with Crippen molar-refractivity contribution >= 4 is 40.7 Å². The summed E-state index contributed by atoms with van der Waals surface area (Å²) < 4.78 is 10.8. The highest BCUT2D eigenvalue weighted by Crippen LogP contribution is 2.45. The molecule has 0 saturated carbocycles. The molecule has 1 aliphatic heterocycles. The number of nitrogens with one attached hydrogen (secondary N) is 2. The van der Waals surface area contributed by atoms with Crippen molar-refractivity contribution in [3.8, 4) is 22.9 Å². The minimum absolute atomic E-state index is 0.298. The lowest BCUT2D eigenvalue weighted by Crippen LogP contribution is -2.45. The van der Waals surface area contributed by atoms with Crippen molar-refractivity contribution in [3.05, 3.63) is 64.3 Å². The summed E-state index contributed by atoms with van der Waals surface area (Å²) in [5.41, 5.74) is 3.37. The van der Waals surface area contributed by atoms with Gasteiger partial charge in [0, 0.05) is 49.8 Å². The molecule has 2 aromatic heterocycles. The molecule has 210 valence electrons. The van der Waals surface area contributed by atoms with Crippen LogP contribution in [0.5, 0.6) is 11.5 Å². The fourth-order valence-electron chi connectivity index (χ4n) is 4.76. The van der Waals surface area contributed by atoms with Crippen molar-refractivity contribution in [1.29, 1.82) is 0 Å². The summed E-state index contributed by atoms with van der Waals surface area (Å²) in [4.78, 5) is 22.9. The lowest BCUT2D eigenvalue weighted by Gasteiger charge is -2.37. The van der Waals surface area contributed by atoms with E-state index in [1.807, 2.05) is 12.1 Å². The molecule has 2 N–H and O–H groups in total. The number of nitrogens with zero attached hydrogens (tertiary/aromatic N) is 6. The fraction of sp³-hybridized carbons (Fsp3) is 0.357. The van der Waals surface area contributed by atoms with Gasteiger partial charge in [-0.3, -0.25) is 0 Å². The highest BCUT2D eigenvalue weighted by molar-refractivity contribution is 6.41. The molecule has 3 aromatic rings. The van der Waals surface area contributed by atoms with Crippen molar-refractivity contribution in [2.24, 2.45) is 0 Å². The Labute approximate surface area is 244 Å². The number of benzene rings is 1. The van der Waals surface area contributed by atoms with Crippen LogP contribution in [-0.2, 0) is 0 Å². The van der Waals surface area contributed by atoms with Gasteiger partial charge in [0.1, 0.15) is 33.7 Å². The van der Waals surface area contributed by atoms with Gasteiger partial charge in [0.15, 0.2) is 5.82 Å². The first-order valence-electron chi connectivity index (χ1n) is 13.2. The molecule has 0 radical (unpaired) electrons. The number of ether oxygens (including phenoxy) is 2. The number of hydrogen-bond donors (Lipinski definition) is 2. The average Bonchev–Trinajstić information content (AvgIpc) is 3.00. The van der Waals surface area contributed by atoms with Gasteiger partial charge in [-0.25, -0.2) is 15.0 Å².